The Morgan fingerprint density at radius 1 is 1.02 bits per heavy atom. The second-order valence-electron chi connectivity index (χ2n) is 10.3. The third-order valence-corrected chi connectivity index (χ3v) is 7.55. The van der Waals surface area contributed by atoms with Gasteiger partial charge in [-0.05, 0) is 68.1 Å². The molecule has 5 rings (SSSR count). The Hall–Kier alpha value is -5.28. The van der Waals surface area contributed by atoms with E-state index in [-0.39, 0.29) is 28.1 Å². The molecule has 13 heteroatoms. The highest BCUT2D eigenvalue weighted by atomic mass is 35.5. The number of methoxy groups -OCH3 is 1. The van der Waals surface area contributed by atoms with Crippen molar-refractivity contribution in [3.05, 3.63) is 77.1 Å². The molecule has 4 amide bonds. The number of rotatable bonds is 10. The molecule has 1 aliphatic rings. The number of nitriles is 1. The molecule has 0 atom stereocenters. The predicted molar refractivity (Wildman–Crippen MR) is 172 cm³/mol. The van der Waals surface area contributed by atoms with Crippen LogP contribution in [0.2, 0.25) is 5.02 Å². The zero-order valence-corrected chi connectivity index (χ0v) is 25.7. The van der Waals surface area contributed by atoms with Gasteiger partial charge in [0.15, 0.2) is 0 Å². The number of hydrogen-bond acceptors (Lipinski definition) is 7. The van der Waals surface area contributed by atoms with Gasteiger partial charge in [-0.3, -0.25) is 10.6 Å². The maximum Gasteiger partial charge on any atom is 0.324 e. The number of halogens is 1. The molecule has 0 spiro atoms. The Bertz CT molecular complexity index is 1710. The van der Waals surface area contributed by atoms with E-state index in [2.05, 4.69) is 33.0 Å². The van der Waals surface area contributed by atoms with Gasteiger partial charge in [-0.15, -0.1) is 0 Å². The number of likely N-dealkylation sites (tertiary alicyclic amines) is 1. The smallest absolute Gasteiger partial charge is 0.324 e. The van der Waals surface area contributed by atoms with E-state index in [1.165, 1.54) is 12.3 Å². The molecule has 1 aliphatic heterocycles. The molecule has 2 aromatic heterocycles. The van der Waals surface area contributed by atoms with E-state index < -0.39 is 6.03 Å². The lowest BCUT2D eigenvalue weighted by molar-refractivity contribution is 0.222. The van der Waals surface area contributed by atoms with Crippen LogP contribution in [0.3, 0.4) is 0 Å². The molecular weight excluding hydrogens is 596 g/mol. The number of carbonyl (C=O) groups is 2. The van der Waals surface area contributed by atoms with E-state index in [9.17, 15) is 14.9 Å². The third-order valence-electron chi connectivity index (χ3n) is 7.16. The highest BCUT2D eigenvalue weighted by Gasteiger charge is 2.20. The summed E-state index contributed by atoms with van der Waals surface area (Å²) < 4.78 is 12.9. The summed E-state index contributed by atoms with van der Waals surface area (Å²) in [6.07, 6.45) is 6.17. The Labute approximate surface area is 265 Å². The van der Waals surface area contributed by atoms with Crippen LogP contribution in [-0.2, 0) is 6.42 Å². The summed E-state index contributed by atoms with van der Waals surface area (Å²) in [4.78, 5) is 31.5. The van der Waals surface area contributed by atoms with E-state index >= 15 is 0 Å². The standard InChI is InChI=1S/C32H33ClN8O4/c1-3-4-7-21-18-29(41(39-21)22-8-10-23(44-2)11-9-22)38-31(42)36-26-12-13-27(25(20-34)30(26)33)45-24-14-15-35-28(19-24)37-32(43)40-16-5-6-17-40/h8-15,18-19H,3-7,16-17H2,1-2H3,(H,35,37,43)(H2,36,38,42). The number of amides is 4. The number of carbonyl (C=O) groups excluding carboxylic acids is 2. The summed E-state index contributed by atoms with van der Waals surface area (Å²) in [6.45, 7) is 3.51. The number of hydrogen-bond donors (Lipinski definition) is 3. The topological polar surface area (TPSA) is 146 Å². The van der Waals surface area contributed by atoms with Crippen LogP contribution in [0.5, 0.6) is 17.2 Å². The summed E-state index contributed by atoms with van der Waals surface area (Å²) in [5.74, 6) is 2.00. The normalized spacial score (nSPS) is 12.4. The average molecular weight is 629 g/mol. The van der Waals surface area contributed by atoms with Crippen molar-refractivity contribution in [2.45, 2.75) is 39.0 Å². The Kier molecular flexibility index (Phi) is 10.0. The zero-order chi connectivity index (χ0) is 31.8. The molecule has 3 heterocycles. The second kappa shape index (κ2) is 14.5. The van der Waals surface area contributed by atoms with E-state index in [1.807, 2.05) is 36.4 Å². The summed E-state index contributed by atoms with van der Waals surface area (Å²) in [5, 5.41) is 22.9. The maximum absolute atomic E-state index is 13.1. The molecule has 1 fully saturated rings. The number of aromatic nitrogens is 3. The van der Waals surface area contributed by atoms with Crippen molar-refractivity contribution in [1.82, 2.24) is 19.7 Å². The van der Waals surface area contributed by atoms with Gasteiger partial charge in [-0.25, -0.2) is 19.3 Å². The molecular formula is C32H33ClN8O4. The Balaban J connectivity index is 1.30. The number of benzene rings is 2. The Morgan fingerprint density at radius 3 is 2.51 bits per heavy atom. The lowest BCUT2D eigenvalue weighted by atomic mass is 10.2. The SMILES string of the molecule is CCCCc1cc(NC(=O)Nc2ccc(Oc3ccnc(NC(=O)N4CCCC4)c3)c(C#N)c2Cl)n(-c2ccc(OC)cc2)n1. The fourth-order valence-electron chi connectivity index (χ4n) is 4.81. The zero-order valence-electron chi connectivity index (χ0n) is 25.0. The molecule has 0 radical (unpaired) electrons. The van der Waals surface area contributed by atoms with E-state index in [0.29, 0.717) is 36.2 Å². The first-order valence-corrected chi connectivity index (χ1v) is 15.0. The van der Waals surface area contributed by atoms with Crippen molar-refractivity contribution in [2.75, 3.05) is 36.1 Å². The molecule has 0 saturated carbocycles. The van der Waals surface area contributed by atoms with E-state index in [0.717, 1.165) is 43.5 Å². The second-order valence-corrected chi connectivity index (χ2v) is 10.7. The van der Waals surface area contributed by atoms with Gasteiger partial charge in [0.1, 0.15) is 40.5 Å². The number of nitrogens with one attached hydrogen (secondary N) is 3. The van der Waals surface area contributed by atoms with Gasteiger partial charge >= 0.3 is 12.1 Å². The lowest BCUT2D eigenvalue weighted by Gasteiger charge is -2.16. The lowest BCUT2D eigenvalue weighted by Crippen LogP contribution is -2.32. The van der Waals surface area contributed by atoms with Crippen LogP contribution in [0.4, 0.5) is 26.9 Å². The number of unbranched alkanes of at least 4 members (excludes halogenated alkanes) is 1. The fraction of sp³-hybridized carbons (Fsp3) is 0.281. The molecule has 232 valence electrons. The Morgan fingerprint density at radius 2 is 1.80 bits per heavy atom. The van der Waals surface area contributed by atoms with Crippen molar-refractivity contribution >= 4 is 41.0 Å². The molecule has 3 N–H and O–H groups in total. The van der Waals surface area contributed by atoms with Gasteiger partial charge in [-0.2, -0.15) is 10.4 Å². The van der Waals surface area contributed by atoms with Gasteiger partial charge in [0.05, 0.1) is 29.2 Å². The van der Waals surface area contributed by atoms with Gasteiger partial charge in [0.2, 0.25) is 0 Å². The number of pyridine rings is 1. The van der Waals surface area contributed by atoms with E-state index in [1.54, 1.807) is 34.9 Å². The predicted octanol–water partition coefficient (Wildman–Crippen LogP) is 7.21. The minimum Gasteiger partial charge on any atom is -0.497 e. The van der Waals surface area contributed by atoms with Crippen LogP contribution in [-0.4, -0.2) is 51.9 Å². The summed E-state index contributed by atoms with van der Waals surface area (Å²) in [6, 6.07) is 16.6. The molecule has 0 unspecified atom stereocenters. The average Bonchev–Trinajstić information content (AvgIpc) is 3.73. The number of nitrogens with zero attached hydrogens (tertiary/aromatic N) is 5. The van der Waals surface area contributed by atoms with Crippen LogP contribution in [0.25, 0.3) is 5.69 Å². The highest BCUT2D eigenvalue weighted by molar-refractivity contribution is 6.35. The number of urea groups is 2. The summed E-state index contributed by atoms with van der Waals surface area (Å²) in [5.41, 5.74) is 1.83. The molecule has 1 saturated heterocycles. The molecule has 2 aromatic carbocycles. The molecule has 0 bridgehead atoms. The van der Waals surface area contributed by atoms with Crippen LogP contribution in [0.1, 0.15) is 43.9 Å². The quantitative estimate of drug-likeness (QED) is 0.168. The van der Waals surface area contributed by atoms with Gasteiger partial charge < -0.3 is 19.7 Å². The van der Waals surface area contributed by atoms with Crippen LogP contribution >= 0.6 is 11.6 Å². The highest BCUT2D eigenvalue weighted by Crippen LogP contribution is 2.36. The van der Waals surface area contributed by atoms with Crippen LogP contribution in [0.15, 0.2) is 60.8 Å². The molecule has 0 aliphatic carbocycles. The number of aryl methyl sites for hydroxylation is 1. The van der Waals surface area contributed by atoms with Crippen molar-refractivity contribution < 1.29 is 19.1 Å². The van der Waals surface area contributed by atoms with Crippen molar-refractivity contribution in [3.63, 3.8) is 0 Å². The summed E-state index contributed by atoms with van der Waals surface area (Å²) >= 11 is 6.57. The van der Waals surface area contributed by atoms with Crippen molar-refractivity contribution in [1.29, 1.82) is 5.26 Å². The first-order chi connectivity index (χ1) is 21.9. The fourth-order valence-corrected chi connectivity index (χ4v) is 5.06. The number of anilines is 3. The van der Waals surface area contributed by atoms with Gasteiger partial charge in [0.25, 0.3) is 0 Å². The van der Waals surface area contributed by atoms with Gasteiger partial charge in [-0.1, -0.05) is 24.9 Å². The minimum atomic E-state index is -0.571. The molecule has 12 nitrogen and oxygen atoms in total. The largest absolute Gasteiger partial charge is 0.497 e. The van der Waals surface area contributed by atoms with Gasteiger partial charge in [0, 0.05) is 31.4 Å². The van der Waals surface area contributed by atoms with Crippen LogP contribution < -0.4 is 25.4 Å². The van der Waals surface area contributed by atoms with Crippen molar-refractivity contribution in [3.8, 4) is 29.0 Å². The first kappa shape index (κ1) is 31.2. The van der Waals surface area contributed by atoms with Crippen LogP contribution in [0, 0.1) is 11.3 Å². The first-order valence-electron chi connectivity index (χ1n) is 14.6. The third kappa shape index (κ3) is 7.63. The van der Waals surface area contributed by atoms with E-state index in [4.69, 9.17) is 21.1 Å². The minimum absolute atomic E-state index is 0.00839. The van der Waals surface area contributed by atoms with Crippen molar-refractivity contribution in [2.24, 2.45) is 0 Å². The summed E-state index contributed by atoms with van der Waals surface area (Å²) in [7, 11) is 1.59. The number of ether oxygens (including phenoxy) is 2. The molecule has 45 heavy (non-hydrogen) atoms. The maximum atomic E-state index is 13.1. The molecule has 4 aromatic rings. The monoisotopic (exact) mass is 628 g/mol.